The standard InChI is InChI=1S/C19H20ClNO2/c1-19(2)13-23-17(14-7-4-3-5-8-14)12-21(19)18(22)15-9-6-10-16(20)11-15/h3-11,17H,12-13H2,1-2H3. The van der Waals surface area contributed by atoms with Crippen molar-refractivity contribution in [2.45, 2.75) is 25.5 Å². The second kappa shape index (κ2) is 6.34. The molecule has 4 heteroatoms. The molecule has 120 valence electrons. The van der Waals surface area contributed by atoms with Crippen molar-refractivity contribution in [2.75, 3.05) is 13.2 Å². The van der Waals surface area contributed by atoms with Gasteiger partial charge in [-0.15, -0.1) is 0 Å². The summed E-state index contributed by atoms with van der Waals surface area (Å²) in [5.41, 5.74) is 1.34. The van der Waals surface area contributed by atoms with Crippen LogP contribution in [0.1, 0.15) is 35.9 Å². The highest BCUT2D eigenvalue weighted by molar-refractivity contribution is 6.30. The number of nitrogens with zero attached hydrogens (tertiary/aromatic N) is 1. The Labute approximate surface area is 141 Å². The molecule has 3 nitrogen and oxygen atoms in total. The Morgan fingerprint density at radius 2 is 1.91 bits per heavy atom. The summed E-state index contributed by atoms with van der Waals surface area (Å²) in [6.45, 7) is 5.08. The second-order valence-corrected chi connectivity index (χ2v) is 6.89. The van der Waals surface area contributed by atoms with Crippen molar-refractivity contribution in [3.05, 3.63) is 70.7 Å². The molecule has 1 saturated heterocycles. The summed E-state index contributed by atoms with van der Waals surface area (Å²) in [5.74, 6) is -0.0123. The van der Waals surface area contributed by atoms with E-state index in [-0.39, 0.29) is 17.6 Å². The fourth-order valence-electron chi connectivity index (χ4n) is 2.85. The van der Waals surface area contributed by atoms with Gasteiger partial charge in [-0.05, 0) is 37.6 Å². The van der Waals surface area contributed by atoms with E-state index in [9.17, 15) is 4.79 Å². The summed E-state index contributed by atoms with van der Waals surface area (Å²) < 4.78 is 6.00. The zero-order chi connectivity index (χ0) is 16.4. The number of benzene rings is 2. The quantitative estimate of drug-likeness (QED) is 0.820. The van der Waals surface area contributed by atoms with E-state index >= 15 is 0 Å². The number of hydrogen-bond donors (Lipinski definition) is 0. The molecule has 1 unspecified atom stereocenters. The van der Waals surface area contributed by atoms with Crippen LogP contribution in [0.4, 0.5) is 0 Å². The topological polar surface area (TPSA) is 29.5 Å². The molecule has 1 aliphatic rings. The van der Waals surface area contributed by atoms with Gasteiger partial charge in [-0.25, -0.2) is 0 Å². The minimum Gasteiger partial charge on any atom is -0.369 e. The molecule has 1 amide bonds. The SMILES string of the molecule is CC1(C)COC(c2ccccc2)CN1C(=O)c1cccc(Cl)c1. The van der Waals surface area contributed by atoms with Gasteiger partial charge in [-0.3, -0.25) is 4.79 Å². The first-order chi connectivity index (χ1) is 11.0. The van der Waals surface area contributed by atoms with E-state index < -0.39 is 0 Å². The molecule has 0 N–H and O–H groups in total. The van der Waals surface area contributed by atoms with E-state index in [0.29, 0.717) is 23.7 Å². The lowest BCUT2D eigenvalue weighted by Crippen LogP contribution is -2.56. The maximum absolute atomic E-state index is 13.0. The monoisotopic (exact) mass is 329 g/mol. The molecule has 0 aromatic heterocycles. The number of rotatable bonds is 2. The molecule has 23 heavy (non-hydrogen) atoms. The van der Waals surface area contributed by atoms with Crippen LogP contribution in [0.3, 0.4) is 0 Å². The van der Waals surface area contributed by atoms with Gasteiger partial charge in [0, 0.05) is 10.6 Å². The van der Waals surface area contributed by atoms with E-state index in [4.69, 9.17) is 16.3 Å². The Morgan fingerprint density at radius 1 is 1.17 bits per heavy atom. The molecular formula is C19H20ClNO2. The van der Waals surface area contributed by atoms with Crippen LogP contribution in [-0.4, -0.2) is 29.5 Å². The number of ether oxygens (including phenoxy) is 1. The normalized spacial score (nSPS) is 20.3. The molecule has 2 aromatic carbocycles. The van der Waals surface area contributed by atoms with Crippen molar-refractivity contribution >= 4 is 17.5 Å². The molecule has 0 spiro atoms. The van der Waals surface area contributed by atoms with Crippen molar-refractivity contribution in [2.24, 2.45) is 0 Å². The Balaban J connectivity index is 1.87. The van der Waals surface area contributed by atoms with Crippen LogP contribution in [0.2, 0.25) is 5.02 Å². The van der Waals surface area contributed by atoms with Gasteiger partial charge in [0.15, 0.2) is 0 Å². The summed E-state index contributed by atoms with van der Waals surface area (Å²) in [6, 6.07) is 17.1. The van der Waals surface area contributed by atoms with Gasteiger partial charge in [0.05, 0.1) is 18.7 Å². The Morgan fingerprint density at radius 3 is 2.61 bits per heavy atom. The van der Waals surface area contributed by atoms with E-state index in [1.54, 1.807) is 24.3 Å². The highest BCUT2D eigenvalue weighted by Crippen LogP contribution is 2.31. The van der Waals surface area contributed by atoms with Crippen LogP contribution in [0.25, 0.3) is 0 Å². The lowest BCUT2D eigenvalue weighted by molar-refractivity contribution is -0.0846. The van der Waals surface area contributed by atoms with E-state index in [1.165, 1.54) is 0 Å². The third-order valence-corrected chi connectivity index (χ3v) is 4.44. The summed E-state index contributed by atoms with van der Waals surface area (Å²) in [7, 11) is 0. The first-order valence-corrected chi connectivity index (χ1v) is 8.09. The summed E-state index contributed by atoms with van der Waals surface area (Å²) in [6.07, 6.45) is -0.104. The number of amides is 1. The van der Waals surface area contributed by atoms with E-state index in [1.807, 2.05) is 49.1 Å². The average Bonchev–Trinajstić information content (AvgIpc) is 2.55. The molecule has 1 aliphatic heterocycles. The maximum Gasteiger partial charge on any atom is 0.254 e. The molecule has 0 saturated carbocycles. The van der Waals surface area contributed by atoms with Gasteiger partial charge >= 0.3 is 0 Å². The third kappa shape index (κ3) is 3.41. The zero-order valence-corrected chi connectivity index (χ0v) is 14.1. The predicted molar refractivity (Wildman–Crippen MR) is 91.7 cm³/mol. The summed E-state index contributed by atoms with van der Waals surface area (Å²) in [5, 5.41) is 0.571. The molecule has 0 bridgehead atoms. The third-order valence-electron chi connectivity index (χ3n) is 4.20. The summed E-state index contributed by atoms with van der Waals surface area (Å²) >= 11 is 6.03. The van der Waals surface area contributed by atoms with Crippen molar-refractivity contribution in [3.63, 3.8) is 0 Å². The van der Waals surface area contributed by atoms with Crippen molar-refractivity contribution in [1.29, 1.82) is 0 Å². The minimum absolute atomic E-state index is 0.0123. The Hall–Kier alpha value is -1.84. The van der Waals surface area contributed by atoms with Gasteiger partial charge in [-0.2, -0.15) is 0 Å². The number of morpholine rings is 1. The largest absolute Gasteiger partial charge is 0.369 e. The molecule has 1 atom stereocenters. The molecule has 3 rings (SSSR count). The number of carbonyl (C=O) groups is 1. The van der Waals surface area contributed by atoms with Gasteiger partial charge in [0.2, 0.25) is 0 Å². The van der Waals surface area contributed by atoms with Gasteiger partial charge < -0.3 is 9.64 Å². The van der Waals surface area contributed by atoms with Crippen LogP contribution >= 0.6 is 11.6 Å². The smallest absolute Gasteiger partial charge is 0.254 e. The van der Waals surface area contributed by atoms with Crippen LogP contribution in [0.15, 0.2) is 54.6 Å². The van der Waals surface area contributed by atoms with Crippen LogP contribution in [-0.2, 0) is 4.74 Å². The van der Waals surface area contributed by atoms with Crippen LogP contribution < -0.4 is 0 Å². The molecule has 2 aromatic rings. The van der Waals surface area contributed by atoms with Gasteiger partial charge in [0.1, 0.15) is 6.10 Å². The molecule has 1 fully saturated rings. The molecule has 0 radical (unpaired) electrons. The molecular weight excluding hydrogens is 310 g/mol. The first kappa shape index (κ1) is 16.0. The molecule has 1 heterocycles. The highest BCUT2D eigenvalue weighted by atomic mass is 35.5. The fourth-order valence-corrected chi connectivity index (χ4v) is 3.04. The Kier molecular flexibility index (Phi) is 4.42. The van der Waals surface area contributed by atoms with Crippen molar-refractivity contribution < 1.29 is 9.53 Å². The number of carbonyl (C=O) groups excluding carboxylic acids is 1. The summed E-state index contributed by atoms with van der Waals surface area (Å²) in [4.78, 5) is 14.8. The van der Waals surface area contributed by atoms with Gasteiger partial charge in [0.25, 0.3) is 5.91 Å². The second-order valence-electron chi connectivity index (χ2n) is 6.45. The van der Waals surface area contributed by atoms with E-state index in [2.05, 4.69) is 0 Å². The van der Waals surface area contributed by atoms with Crippen molar-refractivity contribution in [1.82, 2.24) is 4.90 Å². The van der Waals surface area contributed by atoms with Gasteiger partial charge in [-0.1, -0.05) is 48.0 Å². The van der Waals surface area contributed by atoms with E-state index in [0.717, 1.165) is 5.56 Å². The first-order valence-electron chi connectivity index (χ1n) is 7.71. The van der Waals surface area contributed by atoms with Crippen LogP contribution in [0.5, 0.6) is 0 Å². The highest BCUT2D eigenvalue weighted by Gasteiger charge is 2.38. The lowest BCUT2D eigenvalue weighted by Gasteiger charge is -2.45. The number of hydrogen-bond acceptors (Lipinski definition) is 2. The average molecular weight is 330 g/mol. The lowest BCUT2D eigenvalue weighted by atomic mass is 9.97. The fraction of sp³-hybridized carbons (Fsp3) is 0.316. The van der Waals surface area contributed by atoms with Crippen LogP contribution in [0, 0.1) is 0 Å². The molecule has 0 aliphatic carbocycles. The minimum atomic E-state index is -0.356. The Bertz CT molecular complexity index is 700. The zero-order valence-electron chi connectivity index (χ0n) is 13.3. The van der Waals surface area contributed by atoms with Crippen molar-refractivity contribution in [3.8, 4) is 0 Å². The maximum atomic E-state index is 13.0. The number of halogens is 1. The predicted octanol–water partition coefficient (Wildman–Crippen LogP) is 4.33.